The third-order valence-corrected chi connectivity index (χ3v) is 13.8. The summed E-state index contributed by atoms with van der Waals surface area (Å²) in [5, 5.41) is 14.7. The quantitative estimate of drug-likeness (QED) is 0.136. The van der Waals surface area contributed by atoms with Crippen LogP contribution in [-0.2, 0) is 45.3 Å². The van der Waals surface area contributed by atoms with Crippen LogP contribution in [0, 0.1) is 0 Å². The van der Waals surface area contributed by atoms with E-state index in [0.717, 1.165) is 46.8 Å². The Morgan fingerprint density at radius 3 is 1.56 bits per heavy atom. The van der Waals surface area contributed by atoms with Gasteiger partial charge in [-0.15, -0.1) is 0 Å². The van der Waals surface area contributed by atoms with E-state index in [2.05, 4.69) is 78.8 Å². The molecule has 12 rings (SSSR count). The molecule has 1 amide bonds. The summed E-state index contributed by atoms with van der Waals surface area (Å²) < 4.78 is 25.9. The third-order valence-electron chi connectivity index (χ3n) is 13.8. The molecule has 4 aromatic carbocycles. The summed E-state index contributed by atoms with van der Waals surface area (Å²) in [6.45, 7) is 5.13. The fourth-order valence-electron chi connectivity index (χ4n) is 9.00. The first-order valence-corrected chi connectivity index (χ1v) is 20.6. The van der Waals surface area contributed by atoms with E-state index in [0.29, 0.717) is 35.2 Å². The number of aromatic nitrogens is 2. The molecule has 2 aromatic heterocycles. The summed E-state index contributed by atoms with van der Waals surface area (Å²) in [5.41, 5.74) is 14.3. The van der Waals surface area contributed by atoms with Crippen molar-refractivity contribution >= 4 is 45.1 Å². The van der Waals surface area contributed by atoms with E-state index in [1.807, 2.05) is 36.4 Å². The number of nitrogens with one attached hydrogen (secondary N) is 1. The molecule has 4 N–H and O–H groups in total. The highest BCUT2D eigenvalue weighted by Crippen LogP contribution is 2.53. The van der Waals surface area contributed by atoms with E-state index in [1.54, 1.807) is 12.1 Å². The van der Waals surface area contributed by atoms with Gasteiger partial charge in [-0.3, -0.25) is 9.59 Å². The highest BCUT2D eigenvalue weighted by atomic mass is 16.7. The number of hydrogen-bond acceptors (Lipinski definition) is 7. The number of anilines is 2. The Hall–Kier alpha value is -6.10. The molecule has 0 radical (unpaired) electrons. The topological polar surface area (TPSA) is 139 Å². The number of aliphatic carboxylic acids is 1. The van der Waals surface area contributed by atoms with E-state index >= 15 is 0 Å². The number of carboxylic acids is 1. The maximum atomic E-state index is 13.2. The van der Waals surface area contributed by atoms with Crippen molar-refractivity contribution in [2.75, 3.05) is 24.6 Å². The van der Waals surface area contributed by atoms with Crippen molar-refractivity contribution in [2.24, 2.45) is 14.1 Å². The Balaban J connectivity index is 0.000000118. The Bertz CT molecular complexity index is 2690. The molecule has 304 valence electrons. The number of hydrogen-bond donors (Lipinski definition) is 3. The number of nitrogen functional groups attached to an aromatic ring is 1. The molecular weight excluding hydrogens is 745 g/mol. The molecule has 4 fully saturated rings. The summed E-state index contributed by atoms with van der Waals surface area (Å²) in [6, 6.07) is 28.2. The molecule has 0 unspecified atom stereocenters. The first-order chi connectivity index (χ1) is 28.3. The molecule has 6 aliphatic rings. The average Bonchev–Trinajstić information content (AvgIpc) is 4.19. The van der Waals surface area contributed by atoms with E-state index in [4.69, 9.17) is 29.8 Å². The molecule has 0 atom stereocenters. The lowest BCUT2D eigenvalue weighted by Gasteiger charge is -2.16. The van der Waals surface area contributed by atoms with Crippen LogP contribution in [0.2, 0.25) is 0 Å². The first kappa shape index (κ1) is 37.2. The molecule has 11 heteroatoms. The van der Waals surface area contributed by atoms with Crippen molar-refractivity contribution in [3.05, 3.63) is 107 Å². The van der Waals surface area contributed by atoms with Gasteiger partial charge in [0.2, 0.25) is 19.5 Å². The molecule has 2 aliphatic heterocycles. The lowest BCUT2D eigenvalue weighted by atomic mass is 9.94. The van der Waals surface area contributed by atoms with Crippen LogP contribution in [-0.4, -0.2) is 39.7 Å². The largest absolute Gasteiger partial charge is 0.481 e. The number of carboxylic acid groups (broad SMARTS) is 1. The maximum Gasteiger partial charge on any atom is 0.314 e. The zero-order valence-corrected chi connectivity index (χ0v) is 34.0. The maximum absolute atomic E-state index is 13.2. The number of carbonyl (C=O) groups is 2. The van der Waals surface area contributed by atoms with Crippen LogP contribution in [0.4, 0.5) is 11.4 Å². The normalized spacial score (nSPS) is 19.5. The van der Waals surface area contributed by atoms with Gasteiger partial charge in [0.05, 0.1) is 10.8 Å². The molecule has 0 spiro atoms. The van der Waals surface area contributed by atoms with Gasteiger partial charge in [-0.2, -0.15) is 0 Å². The third kappa shape index (κ3) is 6.42. The van der Waals surface area contributed by atoms with E-state index < -0.39 is 16.8 Å². The summed E-state index contributed by atoms with van der Waals surface area (Å²) >= 11 is 0. The molecule has 4 heterocycles. The number of fused-ring (bicyclic) bond motifs is 4. The van der Waals surface area contributed by atoms with Crippen molar-refractivity contribution in [1.82, 2.24) is 9.13 Å². The average molecular weight is 795 g/mol. The van der Waals surface area contributed by atoms with Crippen molar-refractivity contribution < 1.29 is 33.6 Å². The highest BCUT2D eigenvalue weighted by Gasteiger charge is 2.53. The number of ether oxygens (including phenoxy) is 4. The molecule has 0 saturated heterocycles. The van der Waals surface area contributed by atoms with Crippen molar-refractivity contribution in [3.63, 3.8) is 0 Å². The zero-order chi connectivity index (χ0) is 40.9. The van der Waals surface area contributed by atoms with E-state index in [1.165, 1.54) is 58.9 Å². The van der Waals surface area contributed by atoms with Gasteiger partial charge in [0.15, 0.2) is 23.0 Å². The number of aryl methyl sites for hydroxylation is 2. The summed E-state index contributed by atoms with van der Waals surface area (Å²) in [5.74, 6) is 2.13. The minimum atomic E-state index is -0.749. The van der Waals surface area contributed by atoms with Gasteiger partial charge in [-0.25, -0.2) is 0 Å². The van der Waals surface area contributed by atoms with E-state index in [-0.39, 0.29) is 19.5 Å². The molecule has 4 saturated carbocycles. The number of nitrogens with zero attached hydrogens (tertiary/aromatic N) is 2. The number of rotatable bonds is 7. The molecule has 59 heavy (non-hydrogen) atoms. The fourth-order valence-corrected chi connectivity index (χ4v) is 9.00. The Morgan fingerprint density at radius 2 is 1.07 bits per heavy atom. The van der Waals surface area contributed by atoms with Crippen molar-refractivity contribution in [2.45, 2.75) is 86.9 Å². The number of amides is 1. The Morgan fingerprint density at radius 1 is 0.593 bits per heavy atom. The van der Waals surface area contributed by atoms with Crippen LogP contribution in [0.3, 0.4) is 0 Å². The Kier molecular flexibility index (Phi) is 8.32. The van der Waals surface area contributed by atoms with Gasteiger partial charge in [-0.1, -0.05) is 26.0 Å². The van der Waals surface area contributed by atoms with Gasteiger partial charge in [0, 0.05) is 69.5 Å². The minimum Gasteiger partial charge on any atom is -0.481 e. The smallest absolute Gasteiger partial charge is 0.314 e. The summed E-state index contributed by atoms with van der Waals surface area (Å²) in [4.78, 5) is 24.3. The van der Waals surface area contributed by atoms with Crippen LogP contribution in [0.15, 0.2) is 84.9 Å². The van der Waals surface area contributed by atoms with Crippen LogP contribution < -0.4 is 30.0 Å². The van der Waals surface area contributed by atoms with Crippen LogP contribution in [0.25, 0.3) is 21.8 Å². The number of benzene rings is 4. The number of nitrogens with two attached hydrogens (primary N) is 1. The first-order valence-electron chi connectivity index (χ1n) is 20.6. The van der Waals surface area contributed by atoms with Crippen LogP contribution >= 0.6 is 0 Å². The standard InChI is InChI=1S/C24H24N2O3.C13H16N2.C11H10O4/c1-23(7-8-23)21-12-15-11-17(4-5-18(15)26(21)2)25-22(27)24(9-10-24)16-3-6-19-20(13-16)29-14-28-19;1-13(5-6-13)12-8-9-7-10(14)3-4-11(9)15(12)2;12-10(13)11(3-4-11)7-1-2-8-9(5-7)15-6-14-8/h3-6,11-13H,7-10,14H2,1-2H3,(H,25,27);3-4,7-8H,5-6,14H2,1-2H3;1-2,5H,3-4,6H2,(H,12,13). The Labute approximate surface area is 343 Å². The highest BCUT2D eigenvalue weighted by molar-refractivity contribution is 6.02. The second-order valence-corrected chi connectivity index (χ2v) is 17.9. The summed E-state index contributed by atoms with van der Waals surface area (Å²) in [6.07, 6.45) is 8.25. The van der Waals surface area contributed by atoms with Gasteiger partial charge < -0.3 is 44.2 Å². The molecule has 0 bridgehead atoms. The monoisotopic (exact) mass is 794 g/mol. The number of carbonyl (C=O) groups excluding carboxylic acids is 1. The zero-order valence-electron chi connectivity index (χ0n) is 34.0. The lowest BCUT2D eigenvalue weighted by molar-refractivity contribution is -0.140. The molecule has 6 aromatic rings. The van der Waals surface area contributed by atoms with Gasteiger partial charge in [0.1, 0.15) is 0 Å². The molecule has 11 nitrogen and oxygen atoms in total. The van der Waals surface area contributed by atoms with Gasteiger partial charge in [-0.05, 0) is 135 Å². The lowest BCUT2D eigenvalue weighted by Crippen LogP contribution is -2.27. The van der Waals surface area contributed by atoms with Crippen molar-refractivity contribution in [1.29, 1.82) is 0 Å². The predicted molar refractivity (Wildman–Crippen MR) is 227 cm³/mol. The van der Waals surface area contributed by atoms with Crippen molar-refractivity contribution in [3.8, 4) is 23.0 Å². The molecule has 4 aliphatic carbocycles. The van der Waals surface area contributed by atoms with Crippen LogP contribution in [0.1, 0.15) is 87.7 Å². The van der Waals surface area contributed by atoms with Crippen LogP contribution in [0.5, 0.6) is 23.0 Å². The van der Waals surface area contributed by atoms with Gasteiger partial charge in [0.25, 0.3) is 0 Å². The summed E-state index contributed by atoms with van der Waals surface area (Å²) in [7, 11) is 4.29. The minimum absolute atomic E-state index is 0.0565. The van der Waals surface area contributed by atoms with Gasteiger partial charge >= 0.3 is 5.97 Å². The molecular formula is C48H50N4O7. The predicted octanol–water partition coefficient (Wildman–Crippen LogP) is 8.97. The SMILES string of the molecule is Cn1c(C2(C)CC2)cc2cc(N)ccc21.Cn1c(C2(C)CC2)cc2cc(NC(=O)C3(c4ccc5c(c4)OCO5)CC3)ccc21.O=C(O)C1(c2ccc3c(c2)OCO3)CC1. The van der Waals surface area contributed by atoms with E-state index in [9.17, 15) is 9.59 Å². The second kappa shape index (κ2) is 13.2. The second-order valence-electron chi connectivity index (χ2n) is 17.9. The fraction of sp³-hybridized carbons (Fsp3) is 0.375.